The molecule has 3 rings (SSSR count). The van der Waals surface area contributed by atoms with Crippen LogP contribution < -0.4 is 14.8 Å². The highest BCUT2D eigenvalue weighted by Gasteiger charge is 2.34. The lowest BCUT2D eigenvalue weighted by atomic mass is 10.1. The fraction of sp³-hybridized carbons (Fsp3) is 0.250. The van der Waals surface area contributed by atoms with Gasteiger partial charge in [-0.3, -0.25) is 19.3 Å². The van der Waals surface area contributed by atoms with Gasteiger partial charge in [0.2, 0.25) is 5.91 Å². The normalized spacial score (nSPS) is 12.7. The second-order valence-electron chi connectivity index (χ2n) is 5.90. The van der Waals surface area contributed by atoms with Crippen LogP contribution in [0, 0.1) is 0 Å². The lowest BCUT2D eigenvalue weighted by Crippen LogP contribution is -2.32. The molecule has 1 aliphatic heterocycles. The van der Waals surface area contributed by atoms with Gasteiger partial charge in [-0.15, -0.1) is 0 Å². The van der Waals surface area contributed by atoms with Gasteiger partial charge in [0.05, 0.1) is 24.8 Å². The van der Waals surface area contributed by atoms with Crippen molar-refractivity contribution in [2.45, 2.75) is 13.3 Å². The first kappa shape index (κ1) is 18.4. The number of anilines is 1. The molecule has 0 spiro atoms. The van der Waals surface area contributed by atoms with Gasteiger partial charge in [0, 0.05) is 24.7 Å². The van der Waals surface area contributed by atoms with Crippen LogP contribution in [0.3, 0.4) is 0 Å². The van der Waals surface area contributed by atoms with E-state index in [0.29, 0.717) is 34.9 Å². The van der Waals surface area contributed by atoms with E-state index < -0.39 is 0 Å². The first-order chi connectivity index (χ1) is 13.0. The molecule has 0 radical (unpaired) electrons. The van der Waals surface area contributed by atoms with Crippen molar-refractivity contribution in [3.8, 4) is 11.5 Å². The second-order valence-corrected chi connectivity index (χ2v) is 5.90. The molecule has 1 aliphatic rings. The van der Waals surface area contributed by atoms with Crippen molar-refractivity contribution < 1.29 is 23.9 Å². The van der Waals surface area contributed by atoms with Gasteiger partial charge in [-0.1, -0.05) is 12.1 Å². The minimum absolute atomic E-state index is 0.000988. The van der Waals surface area contributed by atoms with E-state index in [9.17, 15) is 14.4 Å². The van der Waals surface area contributed by atoms with Crippen molar-refractivity contribution in [1.82, 2.24) is 4.90 Å². The van der Waals surface area contributed by atoms with E-state index in [0.717, 1.165) is 4.90 Å². The molecule has 0 aliphatic carbocycles. The zero-order valence-electron chi connectivity index (χ0n) is 15.2. The molecule has 0 bridgehead atoms. The number of carbonyl (C=O) groups is 3. The number of carbonyl (C=O) groups excluding carboxylic acids is 3. The van der Waals surface area contributed by atoms with Gasteiger partial charge in [0.1, 0.15) is 0 Å². The third kappa shape index (κ3) is 3.76. The van der Waals surface area contributed by atoms with Crippen molar-refractivity contribution >= 4 is 23.4 Å². The monoisotopic (exact) mass is 368 g/mol. The third-order valence-electron chi connectivity index (χ3n) is 4.19. The molecule has 0 atom stereocenters. The molecule has 0 saturated heterocycles. The molecule has 140 valence electrons. The van der Waals surface area contributed by atoms with Crippen LogP contribution in [0.15, 0.2) is 42.5 Å². The Balaban J connectivity index is 1.61. The first-order valence-corrected chi connectivity index (χ1v) is 8.61. The maximum Gasteiger partial charge on any atom is 0.261 e. The van der Waals surface area contributed by atoms with E-state index in [1.807, 2.05) is 6.92 Å². The average molecular weight is 368 g/mol. The zero-order chi connectivity index (χ0) is 19.4. The lowest BCUT2D eigenvalue weighted by molar-refractivity contribution is -0.116. The van der Waals surface area contributed by atoms with Gasteiger partial charge in [-0.25, -0.2) is 0 Å². The number of imide groups is 1. The Hall–Kier alpha value is -3.35. The number of nitrogens with zero attached hydrogens (tertiary/aromatic N) is 1. The van der Waals surface area contributed by atoms with Gasteiger partial charge >= 0.3 is 0 Å². The Labute approximate surface area is 156 Å². The maximum absolute atomic E-state index is 12.3. The molecular formula is C20H20N2O5. The van der Waals surface area contributed by atoms with Crippen LogP contribution in [-0.4, -0.2) is 42.9 Å². The first-order valence-electron chi connectivity index (χ1n) is 8.61. The number of ether oxygens (including phenoxy) is 2. The summed E-state index contributed by atoms with van der Waals surface area (Å²) in [6, 6.07) is 11.7. The fourth-order valence-electron chi connectivity index (χ4n) is 2.90. The molecule has 7 heteroatoms. The number of benzene rings is 2. The van der Waals surface area contributed by atoms with Crippen LogP contribution in [0.4, 0.5) is 5.69 Å². The molecule has 1 heterocycles. The van der Waals surface area contributed by atoms with Crippen LogP contribution in [0.2, 0.25) is 0 Å². The average Bonchev–Trinajstić information content (AvgIpc) is 2.92. The summed E-state index contributed by atoms with van der Waals surface area (Å²) < 4.78 is 10.7. The van der Waals surface area contributed by atoms with E-state index in [1.54, 1.807) is 42.5 Å². The van der Waals surface area contributed by atoms with Gasteiger partial charge in [0.25, 0.3) is 11.8 Å². The summed E-state index contributed by atoms with van der Waals surface area (Å²) >= 11 is 0. The summed E-state index contributed by atoms with van der Waals surface area (Å²) in [7, 11) is 1.52. The highest BCUT2D eigenvalue weighted by Crippen LogP contribution is 2.30. The van der Waals surface area contributed by atoms with Crippen molar-refractivity contribution in [3.63, 3.8) is 0 Å². The number of methoxy groups -OCH3 is 1. The van der Waals surface area contributed by atoms with Crippen LogP contribution in [0.1, 0.15) is 34.1 Å². The standard InChI is InChI=1S/C20H20N2O5/c1-3-27-16-9-8-13(12-17(16)26-2)21-18(23)10-11-22-19(24)14-6-4-5-7-15(14)20(22)25/h4-9,12H,3,10-11H2,1-2H3,(H,21,23). The number of hydrogen-bond acceptors (Lipinski definition) is 5. The van der Waals surface area contributed by atoms with Crippen molar-refractivity contribution in [1.29, 1.82) is 0 Å². The SMILES string of the molecule is CCOc1ccc(NC(=O)CCN2C(=O)c3ccccc3C2=O)cc1OC. The molecule has 0 unspecified atom stereocenters. The van der Waals surface area contributed by atoms with Gasteiger partial charge in [0.15, 0.2) is 11.5 Å². The predicted molar refractivity (Wildman–Crippen MR) is 99.2 cm³/mol. The topological polar surface area (TPSA) is 84.9 Å². The quantitative estimate of drug-likeness (QED) is 0.760. The highest BCUT2D eigenvalue weighted by molar-refractivity contribution is 6.21. The summed E-state index contributed by atoms with van der Waals surface area (Å²) in [5.74, 6) is 0.0501. The van der Waals surface area contributed by atoms with E-state index in [4.69, 9.17) is 9.47 Å². The minimum atomic E-state index is -0.369. The Morgan fingerprint density at radius 2 is 1.70 bits per heavy atom. The van der Waals surface area contributed by atoms with Gasteiger partial charge in [-0.05, 0) is 31.2 Å². The molecular weight excluding hydrogens is 348 g/mol. The van der Waals surface area contributed by atoms with E-state index in [1.165, 1.54) is 7.11 Å². The second kappa shape index (κ2) is 7.90. The van der Waals surface area contributed by atoms with Crippen LogP contribution in [-0.2, 0) is 4.79 Å². The Kier molecular flexibility index (Phi) is 5.40. The molecule has 1 N–H and O–H groups in total. The summed E-state index contributed by atoms with van der Waals surface area (Å²) in [5, 5.41) is 2.74. The Morgan fingerprint density at radius 3 is 2.30 bits per heavy atom. The molecule has 0 saturated carbocycles. The number of rotatable bonds is 7. The van der Waals surface area contributed by atoms with Crippen molar-refractivity contribution in [2.75, 3.05) is 25.6 Å². The van der Waals surface area contributed by atoms with Gasteiger partial charge in [-0.2, -0.15) is 0 Å². The number of amides is 3. The fourth-order valence-corrected chi connectivity index (χ4v) is 2.90. The molecule has 0 aromatic heterocycles. The van der Waals surface area contributed by atoms with E-state index in [-0.39, 0.29) is 30.7 Å². The molecule has 0 fully saturated rings. The number of nitrogens with one attached hydrogen (secondary N) is 1. The number of fused-ring (bicyclic) bond motifs is 1. The van der Waals surface area contributed by atoms with Crippen LogP contribution in [0.25, 0.3) is 0 Å². The summed E-state index contributed by atoms with van der Waals surface area (Å²) in [5.41, 5.74) is 1.29. The molecule has 2 aromatic carbocycles. The number of hydrogen-bond donors (Lipinski definition) is 1. The van der Waals surface area contributed by atoms with Crippen molar-refractivity contribution in [2.24, 2.45) is 0 Å². The lowest BCUT2D eigenvalue weighted by Gasteiger charge is -2.14. The third-order valence-corrected chi connectivity index (χ3v) is 4.19. The minimum Gasteiger partial charge on any atom is -0.493 e. The van der Waals surface area contributed by atoms with Crippen LogP contribution in [0.5, 0.6) is 11.5 Å². The summed E-state index contributed by atoms with van der Waals surface area (Å²) in [4.78, 5) is 37.9. The van der Waals surface area contributed by atoms with Gasteiger partial charge < -0.3 is 14.8 Å². The summed E-state index contributed by atoms with van der Waals surface area (Å²) in [6.07, 6.45) is 0.000988. The molecule has 27 heavy (non-hydrogen) atoms. The van der Waals surface area contributed by atoms with Crippen LogP contribution >= 0.6 is 0 Å². The highest BCUT2D eigenvalue weighted by atomic mass is 16.5. The molecule has 7 nitrogen and oxygen atoms in total. The Morgan fingerprint density at radius 1 is 1.04 bits per heavy atom. The predicted octanol–water partition coefficient (Wildman–Crippen LogP) is 2.72. The Bertz CT molecular complexity index is 859. The molecule has 2 aromatic rings. The van der Waals surface area contributed by atoms with Crippen molar-refractivity contribution in [3.05, 3.63) is 53.6 Å². The maximum atomic E-state index is 12.3. The van der Waals surface area contributed by atoms with E-state index >= 15 is 0 Å². The summed E-state index contributed by atoms with van der Waals surface area (Å²) in [6.45, 7) is 2.39. The largest absolute Gasteiger partial charge is 0.493 e. The van der Waals surface area contributed by atoms with E-state index in [2.05, 4.69) is 5.32 Å². The molecule has 3 amide bonds. The zero-order valence-corrected chi connectivity index (χ0v) is 15.2. The smallest absolute Gasteiger partial charge is 0.261 e.